The van der Waals surface area contributed by atoms with Crippen molar-refractivity contribution in [3.63, 3.8) is 0 Å². The van der Waals surface area contributed by atoms with Crippen LogP contribution >= 0.6 is 0 Å². The molecule has 2 atom stereocenters. The summed E-state index contributed by atoms with van der Waals surface area (Å²) in [6.45, 7) is 15.6. The van der Waals surface area contributed by atoms with Gasteiger partial charge in [-0.05, 0) is 30.6 Å². The van der Waals surface area contributed by atoms with Crippen LogP contribution in [-0.4, -0.2) is 0 Å². The average Bonchev–Trinajstić information content (AvgIpc) is 2.06. The third kappa shape index (κ3) is 12.0. The van der Waals surface area contributed by atoms with Crippen molar-refractivity contribution in [2.45, 2.75) is 67.7 Å². The molecule has 0 aliphatic rings. The SMILES string of the molecule is CC.CCC(C)CC(C)CC(C)C. The van der Waals surface area contributed by atoms with E-state index >= 15 is 0 Å². The van der Waals surface area contributed by atoms with E-state index in [4.69, 9.17) is 0 Å². The van der Waals surface area contributed by atoms with Crippen molar-refractivity contribution >= 4 is 0 Å². The van der Waals surface area contributed by atoms with Gasteiger partial charge in [0.1, 0.15) is 0 Å². The van der Waals surface area contributed by atoms with E-state index in [9.17, 15) is 0 Å². The molecule has 0 saturated carbocycles. The molecule has 0 saturated heterocycles. The van der Waals surface area contributed by atoms with Gasteiger partial charge in [0.15, 0.2) is 0 Å². The molecule has 0 amide bonds. The highest BCUT2D eigenvalue weighted by atomic mass is 14.1. The molecule has 82 valence electrons. The normalized spacial score (nSPS) is 14.8. The van der Waals surface area contributed by atoms with Gasteiger partial charge in [-0.3, -0.25) is 0 Å². The summed E-state index contributed by atoms with van der Waals surface area (Å²) in [6.07, 6.45) is 4.14. The van der Waals surface area contributed by atoms with Gasteiger partial charge in [0, 0.05) is 0 Å². The predicted molar refractivity (Wildman–Crippen MR) is 64.0 cm³/mol. The van der Waals surface area contributed by atoms with Crippen LogP contribution in [0.15, 0.2) is 0 Å². The van der Waals surface area contributed by atoms with Crippen LogP contribution in [0.25, 0.3) is 0 Å². The van der Waals surface area contributed by atoms with Crippen LogP contribution in [0.2, 0.25) is 0 Å². The monoisotopic (exact) mass is 186 g/mol. The molecule has 0 spiro atoms. The van der Waals surface area contributed by atoms with Gasteiger partial charge in [0.2, 0.25) is 0 Å². The Morgan fingerprint density at radius 2 is 1.23 bits per heavy atom. The fourth-order valence-electron chi connectivity index (χ4n) is 1.75. The fraction of sp³-hybridized carbons (Fsp3) is 1.00. The van der Waals surface area contributed by atoms with Crippen LogP contribution < -0.4 is 0 Å². The summed E-state index contributed by atoms with van der Waals surface area (Å²) in [7, 11) is 0. The van der Waals surface area contributed by atoms with Crippen molar-refractivity contribution in [1.82, 2.24) is 0 Å². The van der Waals surface area contributed by atoms with Gasteiger partial charge in [-0.15, -0.1) is 0 Å². The third-order valence-corrected chi connectivity index (χ3v) is 2.38. The minimum absolute atomic E-state index is 0.869. The number of rotatable bonds is 5. The van der Waals surface area contributed by atoms with Crippen molar-refractivity contribution < 1.29 is 0 Å². The Morgan fingerprint density at radius 3 is 1.54 bits per heavy atom. The van der Waals surface area contributed by atoms with Gasteiger partial charge < -0.3 is 0 Å². The van der Waals surface area contributed by atoms with Crippen LogP contribution in [0.3, 0.4) is 0 Å². The van der Waals surface area contributed by atoms with Crippen LogP contribution in [0.1, 0.15) is 67.7 Å². The maximum atomic E-state index is 2.38. The highest BCUT2D eigenvalue weighted by molar-refractivity contribution is 4.60. The van der Waals surface area contributed by atoms with Gasteiger partial charge in [-0.2, -0.15) is 0 Å². The number of hydrogen-bond donors (Lipinski definition) is 0. The smallest absolute Gasteiger partial charge is 0.0438 e. The minimum Gasteiger partial charge on any atom is -0.0683 e. The quantitative estimate of drug-likeness (QED) is 0.558. The van der Waals surface area contributed by atoms with Crippen molar-refractivity contribution in [2.75, 3.05) is 0 Å². The zero-order valence-corrected chi connectivity index (χ0v) is 10.9. The van der Waals surface area contributed by atoms with Crippen LogP contribution in [-0.2, 0) is 0 Å². The van der Waals surface area contributed by atoms with Crippen LogP contribution in [0.5, 0.6) is 0 Å². The van der Waals surface area contributed by atoms with Crippen LogP contribution in [0.4, 0.5) is 0 Å². The van der Waals surface area contributed by atoms with Crippen LogP contribution in [0, 0.1) is 17.8 Å². The first-order valence-electron chi connectivity index (χ1n) is 6.06. The molecule has 0 aliphatic heterocycles. The van der Waals surface area contributed by atoms with E-state index in [1.165, 1.54) is 19.3 Å². The molecule has 0 aliphatic carbocycles. The second-order valence-corrected chi connectivity index (χ2v) is 4.48. The molecule has 0 aromatic heterocycles. The van der Waals surface area contributed by atoms with E-state index in [1.54, 1.807) is 0 Å². The van der Waals surface area contributed by atoms with Crippen molar-refractivity contribution in [3.05, 3.63) is 0 Å². The molecule has 0 heterocycles. The van der Waals surface area contributed by atoms with Gasteiger partial charge >= 0.3 is 0 Å². The lowest BCUT2D eigenvalue weighted by molar-refractivity contribution is 0.350. The van der Waals surface area contributed by atoms with E-state index in [2.05, 4.69) is 34.6 Å². The summed E-state index contributed by atoms with van der Waals surface area (Å²) < 4.78 is 0. The molecule has 0 aromatic carbocycles. The Bertz CT molecular complexity index is 84.0. The number of hydrogen-bond acceptors (Lipinski definition) is 0. The molecule has 0 bridgehead atoms. The molecule has 2 unspecified atom stereocenters. The average molecular weight is 186 g/mol. The Labute approximate surface area is 86.1 Å². The summed E-state index contributed by atoms with van der Waals surface area (Å²) in [4.78, 5) is 0. The summed E-state index contributed by atoms with van der Waals surface area (Å²) in [6, 6.07) is 0. The first kappa shape index (κ1) is 15.5. The second-order valence-electron chi connectivity index (χ2n) is 4.48. The minimum atomic E-state index is 0.869. The van der Waals surface area contributed by atoms with E-state index in [0.29, 0.717) is 0 Å². The zero-order valence-electron chi connectivity index (χ0n) is 10.9. The molecule has 0 fully saturated rings. The van der Waals surface area contributed by atoms with E-state index in [1.807, 2.05) is 13.8 Å². The van der Waals surface area contributed by atoms with Gasteiger partial charge in [0.25, 0.3) is 0 Å². The molecule has 0 nitrogen and oxygen atoms in total. The molecule has 0 N–H and O–H groups in total. The lowest BCUT2D eigenvalue weighted by Crippen LogP contribution is -2.05. The van der Waals surface area contributed by atoms with Crippen molar-refractivity contribution in [3.8, 4) is 0 Å². The maximum Gasteiger partial charge on any atom is -0.0438 e. The Hall–Kier alpha value is 0. The molecular formula is C13H30. The van der Waals surface area contributed by atoms with E-state index in [-0.39, 0.29) is 0 Å². The summed E-state index contributed by atoms with van der Waals surface area (Å²) in [5.74, 6) is 2.71. The van der Waals surface area contributed by atoms with Gasteiger partial charge in [-0.1, -0.05) is 54.9 Å². The zero-order chi connectivity index (χ0) is 10.9. The summed E-state index contributed by atoms with van der Waals surface area (Å²) in [5, 5.41) is 0. The van der Waals surface area contributed by atoms with Crippen molar-refractivity contribution in [2.24, 2.45) is 17.8 Å². The lowest BCUT2D eigenvalue weighted by atomic mass is 9.89. The predicted octanol–water partition coefficient (Wildman–Crippen LogP) is 5.13. The highest BCUT2D eigenvalue weighted by Crippen LogP contribution is 2.20. The summed E-state index contributed by atoms with van der Waals surface area (Å²) in [5.41, 5.74) is 0. The van der Waals surface area contributed by atoms with Crippen molar-refractivity contribution in [1.29, 1.82) is 0 Å². The third-order valence-electron chi connectivity index (χ3n) is 2.38. The maximum absolute atomic E-state index is 2.38. The Balaban J connectivity index is 0. The Kier molecular flexibility index (Phi) is 12.0. The molecule has 13 heavy (non-hydrogen) atoms. The first-order chi connectivity index (χ1) is 6.06. The van der Waals surface area contributed by atoms with Gasteiger partial charge in [0.05, 0.1) is 0 Å². The summed E-state index contributed by atoms with van der Waals surface area (Å²) >= 11 is 0. The van der Waals surface area contributed by atoms with Gasteiger partial charge in [-0.25, -0.2) is 0 Å². The van der Waals surface area contributed by atoms with E-state index < -0.39 is 0 Å². The van der Waals surface area contributed by atoms with E-state index in [0.717, 1.165) is 17.8 Å². The fourth-order valence-corrected chi connectivity index (χ4v) is 1.75. The second kappa shape index (κ2) is 10.1. The molecule has 0 radical (unpaired) electrons. The topological polar surface area (TPSA) is 0 Å². The molecule has 0 heteroatoms. The largest absolute Gasteiger partial charge is 0.0683 e. The molecule has 0 aromatic rings. The highest BCUT2D eigenvalue weighted by Gasteiger charge is 2.08. The first-order valence-corrected chi connectivity index (χ1v) is 6.06. The molecular weight excluding hydrogens is 156 g/mol. The lowest BCUT2D eigenvalue weighted by Gasteiger charge is -2.17. The standard InChI is InChI=1S/C11H24.C2H6/c1-6-10(4)8-11(5)7-9(2)3;1-2/h9-11H,6-8H2,1-5H3;1-2H3. The Morgan fingerprint density at radius 1 is 0.769 bits per heavy atom. The molecule has 0 rings (SSSR count).